The first kappa shape index (κ1) is 25.4. The van der Waals surface area contributed by atoms with Crippen molar-refractivity contribution in [1.29, 1.82) is 0 Å². The number of amides is 1. The fraction of sp³-hybridized carbons (Fsp3) is 0.308. The summed E-state index contributed by atoms with van der Waals surface area (Å²) in [4.78, 5) is 22.8. The van der Waals surface area contributed by atoms with Gasteiger partial charge in [-0.05, 0) is 50.5 Å². The standard InChI is InChI=1S/C26H25F4N7O/c1-15-12-36(14-34-15)22-6-5-16(9-19(22)31)20(35-32)11-33-23-10-25(23)8-7-17-18(27)3-2-4-21(17)37(24(25)38)13-26(28,29)30/h2-6,9,11-12,14,23H,7-8,10,13,31-32H2,1H3. The van der Waals surface area contributed by atoms with Crippen molar-refractivity contribution < 1.29 is 22.4 Å². The summed E-state index contributed by atoms with van der Waals surface area (Å²) in [5.41, 5.74) is 7.97. The Hall–Kier alpha value is -4.22. The number of alkyl halides is 3. The van der Waals surface area contributed by atoms with Crippen LogP contribution in [0, 0.1) is 18.2 Å². The summed E-state index contributed by atoms with van der Waals surface area (Å²) in [7, 11) is 0. The molecule has 0 bridgehead atoms. The average Bonchev–Trinajstić information content (AvgIpc) is 3.43. The molecule has 2 aromatic carbocycles. The van der Waals surface area contributed by atoms with Crippen LogP contribution in [-0.4, -0.2) is 46.1 Å². The highest BCUT2D eigenvalue weighted by molar-refractivity contribution is 6.38. The molecule has 1 fully saturated rings. The molecule has 2 heterocycles. The van der Waals surface area contributed by atoms with Crippen molar-refractivity contribution in [2.75, 3.05) is 17.2 Å². The van der Waals surface area contributed by atoms with Crippen LogP contribution in [0.2, 0.25) is 0 Å². The van der Waals surface area contributed by atoms with Crippen molar-refractivity contribution in [3.8, 4) is 5.69 Å². The molecule has 2 atom stereocenters. The van der Waals surface area contributed by atoms with E-state index in [1.807, 2.05) is 13.1 Å². The number of fused-ring (bicyclic) bond motifs is 1. The number of hydrogen-bond acceptors (Lipinski definition) is 6. The topological polar surface area (TPSA) is 115 Å². The minimum atomic E-state index is -4.65. The van der Waals surface area contributed by atoms with Crippen molar-refractivity contribution in [1.82, 2.24) is 9.55 Å². The lowest BCUT2D eigenvalue weighted by atomic mass is 9.96. The summed E-state index contributed by atoms with van der Waals surface area (Å²) in [5, 5.41) is 3.78. The van der Waals surface area contributed by atoms with Gasteiger partial charge < -0.3 is 21.0 Å². The van der Waals surface area contributed by atoms with Gasteiger partial charge in [0.2, 0.25) is 5.91 Å². The van der Waals surface area contributed by atoms with E-state index in [0.717, 1.165) is 5.69 Å². The number of imidazole rings is 1. The van der Waals surface area contributed by atoms with E-state index < -0.39 is 35.9 Å². The van der Waals surface area contributed by atoms with Crippen LogP contribution in [0.5, 0.6) is 0 Å². The van der Waals surface area contributed by atoms with Crippen LogP contribution in [0.25, 0.3) is 5.69 Å². The summed E-state index contributed by atoms with van der Waals surface area (Å²) in [5.74, 6) is 4.25. The zero-order valence-electron chi connectivity index (χ0n) is 20.4. The fourth-order valence-corrected chi connectivity index (χ4v) is 5.04. The zero-order valence-corrected chi connectivity index (χ0v) is 20.4. The Morgan fingerprint density at radius 3 is 2.71 bits per heavy atom. The van der Waals surface area contributed by atoms with E-state index in [1.54, 1.807) is 29.1 Å². The normalized spacial score (nSPS) is 21.7. The van der Waals surface area contributed by atoms with Crippen LogP contribution in [-0.2, 0) is 11.2 Å². The molecule has 2 unspecified atom stereocenters. The molecule has 0 saturated heterocycles. The van der Waals surface area contributed by atoms with Crippen molar-refractivity contribution in [3.63, 3.8) is 0 Å². The first-order valence-corrected chi connectivity index (χ1v) is 11.9. The number of rotatable bonds is 5. The molecule has 2 aliphatic rings. The van der Waals surface area contributed by atoms with Gasteiger partial charge in [0.1, 0.15) is 18.1 Å². The quantitative estimate of drug-likeness (QED) is 0.172. The van der Waals surface area contributed by atoms with Gasteiger partial charge in [0.05, 0.1) is 40.5 Å². The maximum absolute atomic E-state index is 14.5. The van der Waals surface area contributed by atoms with Crippen LogP contribution >= 0.6 is 0 Å². The van der Waals surface area contributed by atoms with Gasteiger partial charge in [-0.25, -0.2) is 9.37 Å². The van der Waals surface area contributed by atoms with E-state index in [4.69, 9.17) is 11.6 Å². The lowest BCUT2D eigenvalue weighted by molar-refractivity contribution is -0.135. The molecule has 0 radical (unpaired) electrons. The van der Waals surface area contributed by atoms with Crippen LogP contribution in [0.15, 0.2) is 59.0 Å². The molecule has 12 heteroatoms. The number of nitrogen functional groups attached to an aromatic ring is 1. The molecule has 1 spiro atoms. The molecule has 5 rings (SSSR count). The number of anilines is 2. The number of carbonyl (C=O) groups excluding carboxylic acids is 1. The van der Waals surface area contributed by atoms with Crippen LogP contribution < -0.4 is 16.5 Å². The number of aliphatic imine (C=N–C) groups is 1. The van der Waals surface area contributed by atoms with E-state index in [0.29, 0.717) is 21.8 Å². The molecular weight excluding hydrogens is 502 g/mol. The van der Waals surface area contributed by atoms with Crippen LogP contribution in [0.1, 0.15) is 29.7 Å². The molecule has 3 aromatic rings. The molecule has 8 nitrogen and oxygen atoms in total. The van der Waals surface area contributed by atoms with Crippen molar-refractivity contribution in [3.05, 3.63) is 71.6 Å². The van der Waals surface area contributed by atoms with Crippen LogP contribution in [0.4, 0.5) is 28.9 Å². The third-order valence-corrected chi connectivity index (χ3v) is 7.08. The highest BCUT2D eigenvalue weighted by Gasteiger charge is 2.62. The second-order valence-corrected chi connectivity index (χ2v) is 9.61. The Labute approximate surface area is 215 Å². The molecule has 1 aliphatic heterocycles. The van der Waals surface area contributed by atoms with Crippen molar-refractivity contribution in [2.24, 2.45) is 21.4 Å². The maximum Gasteiger partial charge on any atom is 0.406 e. The first-order valence-electron chi connectivity index (χ1n) is 11.9. The lowest BCUT2D eigenvalue weighted by Gasteiger charge is -2.27. The Morgan fingerprint density at radius 2 is 2.05 bits per heavy atom. The molecule has 38 heavy (non-hydrogen) atoms. The smallest absolute Gasteiger partial charge is 0.397 e. The van der Waals surface area contributed by atoms with E-state index in [2.05, 4.69) is 15.1 Å². The van der Waals surface area contributed by atoms with E-state index in [-0.39, 0.29) is 36.2 Å². The number of benzene rings is 2. The number of carbonyl (C=O) groups is 1. The molecule has 198 valence electrons. The monoisotopic (exact) mass is 527 g/mol. The molecule has 1 aromatic heterocycles. The van der Waals surface area contributed by atoms with E-state index in [9.17, 15) is 22.4 Å². The molecule has 1 saturated carbocycles. The molecule has 4 N–H and O–H groups in total. The largest absolute Gasteiger partial charge is 0.406 e. The Morgan fingerprint density at radius 1 is 1.26 bits per heavy atom. The number of hydrogen-bond donors (Lipinski definition) is 2. The molecule has 1 amide bonds. The predicted molar refractivity (Wildman–Crippen MR) is 136 cm³/mol. The SMILES string of the molecule is Cc1cn(-c2ccc(C(C=NC3CC34CCc3c(F)cccc3N(CC(F)(F)F)C4=O)=NN)cc2N)cn1. The number of halogens is 4. The summed E-state index contributed by atoms with van der Waals surface area (Å²) in [6.07, 6.45) is 0.754. The zero-order chi connectivity index (χ0) is 27.2. The van der Waals surface area contributed by atoms with Crippen molar-refractivity contribution >= 4 is 29.2 Å². The number of aromatic nitrogens is 2. The average molecular weight is 528 g/mol. The van der Waals surface area contributed by atoms with E-state index in [1.165, 1.54) is 24.4 Å². The summed E-state index contributed by atoms with van der Waals surface area (Å²) < 4.78 is 56.5. The first-order chi connectivity index (χ1) is 18.0. The predicted octanol–water partition coefficient (Wildman–Crippen LogP) is 3.94. The summed E-state index contributed by atoms with van der Waals surface area (Å²) in [6, 6.07) is 8.45. The Balaban J connectivity index is 1.39. The fourth-order valence-electron chi connectivity index (χ4n) is 5.04. The second-order valence-electron chi connectivity index (χ2n) is 9.61. The van der Waals surface area contributed by atoms with Gasteiger partial charge in [-0.2, -0.15) is 18.3 Å². The maximum atomic E-state index is 14.5. The number of hydrazone groups is 1. The number of aryl methyl sites for hydroxylation is 1. The molecular formula is C26H25F4N7O. The Bertz CT molecular complexity index is 1460. The van der Waals surface area contributed by atoms with Gasteiger partial charge in [0, 0.05) is 23.5 Å². The highest BCUT2D eigenvalue weighted by Crippen LogP contribution is 2.56. The summed E-state index contributed by atoms with van der Waals surface area (Å²) >= 11 is 0. The number of nitrogens with two attached hydrogens (primary N) is 2. The third-order valence-electron chi connectivity index (χ3n) is 7.08. The molecule has 1 aliphatic carbocycles. The van der Waals surface area contributed by atoms with Gasteiger partial charge in [-0.15, -0.1) is 0 Å². The highest BCUT2D eigenvalue weighted by atomic mass is 19.4. The van der Waals surface area contributed by atoms with Gasteiger partial charge in [-0.1, -0.05) is 12.1 Å². The van der Waals surface area contributed by atoms with Gasteiger partial charge >= 0.3 is 6.18 Å². The van der Waals surface area contributed by atoms with E-state index >= 15 is 0 Å². The van der Waals surface area contributed by atoms with Gasteiger partial charge in [0.25, 0.3) is 0 Å². The van der Waals surface area contributed by atoms with Crippen LogP contribution in [0.3, 0.4) is 0 Å². The van der Waals surface area contributed by atoms with Gasteiger partial charge in [-0.3, -0.25) is 9.79 Å². The lowest BCUT2D eigenvalue weighted by Crippen LogP contribution is -2.43. The second kappa shape index (κ2) is 9.26. The minimum absolute atomic E-state index is 0.0494. The Kier molecular flexibility index (Phi) is 6.20. The third kappa shape index (κ3) is 4.61. The summed E-state index contributed by atoms with van der Waals surface area (Å²) in [6.45, 7) is 0.357. The van der Waals surface area contributed by atoms with Crippen molar-refractivity contribution in [2.45, 2.75) is 38.4 Å². The minimum Gasteiger partial charge on any atom is -0.397 e. The van der Waals surface area contributed by atoms with Gasteiger partial charge in [0.15, 0.2) is 0 Å². The number of nitrogens with zero attached hydrogens (tertiary/aromatic N) is 5.